The minimum Gasteiger partial charge on any atom is -0.456 e. The first-order chi connectivity index (χ1) is 18.6. The van der Waals surface area contributed by atoms with Crippen molar-refractivity contribution in [3.05, 3.63) is 59.8 Å². The maximum absolute atomic E-state index is 9.95. The number of benzene rings is 1. The molecule has 2 N–H and O–H groups in total. The highest BCUT2D eigenvalue weighted by Crippen LogP contribution is 2.33. The van der Waals surface area contributed by atoms with Gasteiger partial charge in [0.25, 0.3) is 6.01 Å². The predicted octanol–water partition coefficient (Wildman–Crippen LogP) is 2.91. The van der Waals surface area contributed by atoms with Crippen molar-refractivity contribution in [2.45, 2.75) is 24.4 Å². The van der Waals surface area contributed by atoms with Crippen LogP contribution in [0.1, 0.15) is 0 Å². The van der Waals surface area contributed by atoms with Crippen molar-refractivity contribution in [3.63, 3.8) is 0 Å². The maximum atomic E-state index is 9.95. The number of pyridine rings is 2. The van der Waals surface area contributed by atoms with Gasteiger partial charge in [-0.2, -0.15) is 4.98 Å². The molecule has 3 saturated heterocycles. The number of aromatic nitrogens is 4. The van der Waals surface area contributed by atoms with Crippen LogP contribution in [0.15, 0.2) is 54.7 Å². The number of halogens is 1. The first-order valence-electron chi connectivity index (χ1n) is 12.8. The first kappa shape index (κ1) is 23.7. The lowest BCUT2D eigenvalue weighted by molar-refractivity contribution is 0.00706. The third-order valence-electron chi connectivity index (χ3n) is 7.41. The van der Waals surface area contributed by atoms with Gasteiger partial charge in [-0.05, 0) is 30.3 Å². The molecule has 3 aliphatic heterocycles. The van der Waals surface area contributed by atoms with Crippen molar-refractivity contribution in [1.82, 2.24) is 19.9 Å². The zero-order chi connectivity index (χ0) is 25.6. The summed E-state index contributed by atoms with van der Waals surface area (Å²) in [5.74, 6) is 1.02. The number of piperazine rings is 1. The molecule has 0 unspecified atom stereocenters. The minimum absolute atomic E-state index is 0.246. The van der Waals surface area contributed by atoms with Gasteiger partial charge in [-0.25, -0.2) is 9.97 Å². The molecule has 6 heterocycles. The Morgan fingerprint density at radius 2 is 1.74 bits per heavy atom. The van der Waals surface area contributed by atoms with Crippen LogP contribution in [0.2, 0.25) is 5.02 Å². The van der Waals surface area contributed by atoms with Gasteiger partial charge in [0.2, 0.25) is 0 Å². The van der Waals surface area contributed by atoms with Gasteiger partial charge in [0.15, 0.2) is 11.8 Å². The topological polar surface area (TPSA) is 109 Å². The van der Waals surface area contributed by atoms with Crippen LogP contribution in [-0.4, -0.2) is 88.9 Å². The molecule has 10 nitrogen and oxygen atoms in total. The van der Waals surface area contributed by atoms with Crippen molar-refractivity contribution >= 4 is 34.3 Å². The number of ether oxygens (including phenoxy) is 3. The summed E-state index contributed by atoms with van der Waals surface area (Å²) in [5.41, 5.74) is 3.93. The molecular formula is C27H27ClN6O4. The fraction of sp³-hybridized carbons (Fsp3) is 0.370. The number of hydrogen-bond acceptors (Lipinski definition) is 9. The van der Waals surface area contributed by atoms with E-state index in [0.717, 1.165) is 37.6 Å². The number of H-pyrrole nitrogens is 1. The van der Waals surface area contributed by atoms with E-state index in [4.69, 9.17) is 30.8 Å². The highest BCUT2D eigenvalue weighted by Gasteiger charge is 2.48. The lowest BCUT2D eigenvalue weighted by Gasteiger charge is -2.36. The third-order valence-corrected chi connectivity index (χ3v) is 7.70. The molecular weight excluding hydrogens is 508 g/mol. The van der Waals surface area contributed by atoms with Gasteiger partial charge in [-0.15, -0.1) is 0 Å². The molecule has 0 aliphatic carbocycles. The summed E-state index contributed by atoms with van der Waals surface area (Å²) in [7, 11) is 0. The average molecular weight is 535 g/mol. The van der Waals surface area contributed by atoms with Gasteiger partial charge in [0.1, 0.15) is 24.1 Å². The van der Waals surface area contributed by atoms with E-state index in [0.29, 0.717) is 34.5 Å². The van der Waals surface area contributed by atoms with Crippen molar-refractivity contribution < 1.29 is 19.3 Å². The lowest BCUT2D eigenvalue weighted by Crippen LogP contribution is -2.46. The zero-order valence-corrected chi connectivity index (χ0v) is 21.3. The third kappa shape index (κ3) is 4.33. The average Bonchev–Trinajstić information content (AvgIpc) is 3.65. The summed E-state index contributed by atoms with van der Waals surface area (Å²) in [4.78, 5) is 21.5. The summed E-state index contributed by atoms with van der Waals surface area (Å²) < 4.78 is 17.3. The Morgan fingerprint density at radius 3 is 2.53 bits per heavy atom. The number of aliphatic hydroxyl groups is 1. The second-order valence-electron chi connectivity index (χ2n) is 9.76. The highest BCUT2D eigenvalue weighted by molar-refractivity contribution is 6.33. The molecule has 0 saturated carbocycles. The first-order valence-corrected chi connectivity index (χ1v) is 13.2. The van der Waals surface area contributed by atoms with Crippen LogP contribution in [-0.2, 0) is 9.47 Å². The Balaban J connectivity index is 1.05. The predicted molar refractivity (Wildman–Crippen MR) is 143 cm³/mol. The molecule has 38 heavy (non-hydrogen) atoms. The number of anilines is 2. The van der Waals surface area contributed by atoms with Crippen LogP contribution < -0.4 is 14.5 Å². The number of hydrogen-bond donors (Lipinski definition) is 2. The minimum atomic E-state index is -0.630. The monoisotopic (exact) mass is 534 g/mol. The quantitative estimate of drug-likeness (QED) is 0.399. The molecule has 0 bridgehead atoms. The van der Waals surface area contributed by atoms with E-state index in [1.54, 1.807) is 0 Å². The number of fused-ring (bicyclic) bond motifs is 2. The van der Waals surface area contributed by atoms with E-state index < -0.39 is 6.10 Å². The van der Waals surface area contributed by atoms with Gasteiger partial charge in [-0.1, -0.05) is 29.8 Å². The molecule has 3 aliphatic rings. The van der Waals surface area contributed by atoms with Gasteiger partial charge in [0.05, 0.1) is 29.4 Å². The number of aromatic amines is 1. The summed E-state index contributed by atoms with van der Waals surface area (Å²) in [6.45, 7) is 4.27. The smallest absolute Gasteiger partial charge is 0.296 e. The largest absolute Gasteiger partial charge is 0.456 e. The fourth-order valence-electron chi connectivity index (χ4n) is 5.41. The Bertz CT molecular complexity index is 1430. The molecule has 7 rings (SSSR count). The van der Waals surface area contributed by atoms with Crippen LogP contribution >= 0.6 is 11.6 Å². The van der Waals surface area contributed by atoms with Gasteiger partial charge >= 0.3 is 0 Å². The summed E-state index contributed by atoms with van der Waals surface area (Å²) in [6, 6.07) is 16.5. The number of aliphatic hydroxyl groups excluding tert-OH is 1. The van der Waals surface area contributed by atoms with Crippen molar-refractivity contribution in [3.8, 4) is 17.3 Å². The molecule has 0 radical (unpaired) electrons. The molecule has 196 valence electrons. The normalized spacial score (nSPS) is 25.2. The van der Waals surface area contributed by atoms with E-state index in [2.05, 4.69) is 43.0 Å². The SMILES string of the molecule is O[C@@H]1CO[C@H]2[C@@H]1OC[C@H]2Oc1nc2nc(-c3ccc(N4CCN(c5ccccn5)CC4)cc3)c(Cl)cc2[nH]1. The van der Waals surface area contributed by atoms with E-state index in [1.165, 1.54) is 5.69 Å². The fourth-order valence-corrected chi connectivity index (χ4v) is 5.67. The van der Waals surface area contributed by atoms with Crippen molar-refractivity contribution in [1.29, 1.82) is 0 Å². The van der Waals surface area contributed by atoms with E-state index in [1.807, 2.05) is 36.5 Å². The number of nitrogens with zero attached hydrogens (tertiary/aromatic N) is 5. The van der Waals surface area contributed by atoms with Crippen LogP contribution in [0.3, 0.4) is 0 Å². The number of imidazole rings is 1. The number of nitrogens with one attached hydrogen (secondary N) is 1. The lowest BCUT2D eigenvalue weighted by atomic mass is 10.1. The van der Waals surface area contributed by atoms with Gasteiger partial charge < -0.3 is 34.1 Å². The molecule has 3 fully saturated rings. The standard InChI is InChI=1S/C27H27ClN6O4/c28-18-13-19-26(32-27(30-19)38-21-15-37-24-20(35)14-36-25(21)24)31-23(18)16-4-6-17(7-5-16)33-9-11-34(12-10-33)22-3-1-2-8-29-22/h1-8,13,20-21,24-25,35H,9-12,14-15H2,(H,30,31,32)/t20-,21-,24-,25-/m1/s1. The molecule has 0 spiro atoms. The zero-order valence-electron chi connectivity index (χ0n) is 20.5. The number of rotatable bonds is 5. The second-order valence-corrected chi connectivity index (χ2v) is 10.2. The maximum Gasteiger partial charge on any atom is 0.296 e. The van der Waals surface area contributed by atoms with Crippen LogP contribution in [0.5, 0.6) is 6.01 Å². The Labute approximate surface area is 224 Å². The summed E-state index contributed by atoms with van der Waals surface area (Å²) in [5, 5.41) is 10.5. The molecule has 0 amide bonds. The van der Waals surface area contributed by atoms with Crippen molar-refractivity contribution in [2.24, 2.45) is 0 Å². The summed E-state index contributed by atoms with van der Waals surface area (Å²) >= 11 is 6.63. The molecule has 4 aromatic rings. The highest BCUT2D eigenvalue weighted by atomic mass is 35.5. The molecule has 1 aromatic carbocycles. The van der Waals surface area contributed by atoms with Gasteiger partial charge in [0, 0.05) is 43.6 Å². The van der Waals surface area contributed by atoms with E-state index >= 15 is 0 Å². The van der Waals surface area contributed by atoms with Crippen molar-refractivity contribution in [2.75, 3.05) is 49.2 Å². The van der Waals surface area contributed by atoms with Crippen LogP contribution in [0, 0.1) is 0 Å². The second kappa shape index (κ2) is 9.70. The summed E-state index contributed by atoms with van der Waals surface area (Å²) in [6.07, 6.45) is 0.170. The Morgan fingerprint density at radius 1 is 0.947 bits per heavy atom. The molecule has 11 heteroatoms. The Hall–Kier alpha value is -3.44. The Kier molecular flexibility index (Phi) is 6.04. The van der Waals surface area contributed by atoms with Crippen LogP contribution in [0.25, 0.3) is 22.4 Å². The molecule has 4 atom stereocenters. The van der Waals surface area contributed by atoms with E-state index in [-0.39, 0.29) is 24.9 Å². The van der Waals surface area contributed by atoms with E-state index in [9.17, 15) is 5.11 Å². The van der Waals surface area contributed by atoms with Crippen LogP contribution in [0.4, 0.5) is 11.5 Å². The van der Waals surface area contributed by atoms with Gasteiger partial charge in [-0.3, -0.25) is 0 Å². The molecule has 3 aromatic heterocycles.